The molecule has 0 saturated carbocycles. The van der Waals surface area contributed by atoms with E-state index >= 15 is 0 Å². The number of benzene rings is 1. The van der Waals surface area contributed by atoms with Gasteiger partial charge in [0.1, 0.15) is 0 Å². The first-order valence-corrected chi connectivity index (χ1v) is 7.29. The first-order valence-electron chi connectivity index (χ1n) is 5.85. The lowest BCUT2D eigenvalue weighted by Crippen LogP contribution is -2.39. The Morgan fingerprint density at radius 2 is 2.00 bits per heavy atom. The van der Waals surface area contributed by atoms with Gasteiger partial charge < -0.3 is 5.73 Å². The van der Waals surface area contributed by atoms with Crippen LogP contribution < -0.4 is 5.73 Å². The number of likely N-dealkylation sites (N-methyl/N-ethyl adjacent to an activating group) is 1. The van der Waals surface area contributed by atoms with Gasteiger partial charge in [0, 0.05) is 19.6 Å². The van der Waals surface area contributed by atoms with Crippen LogP contribution in [-0.4, -0.2) is 32.4 Å². The minimum atomic E-state index is -4.81. The predicted molar refractivity (Wildman–Crippen MR) is 69.6 cm³/mol. The summed E-state index contributed by atoms with van der Waals surface area (Å²) >= 11 is 0. The van der Waals surface area contributed by atoms with Crippen LogP contribution in [0.4, 0.5) is 13.2 Å². The minimum Gasteiger partial charge on any atom is -0.329 e. The first-order chi connectivity index (χ1) is 9.55. The van der Waals surface area contributed by atoms with Crippen molar-refractivity contribution in [2.24, 2.45) is 5.73 Å². The largest absolute Gasteiger partial charge is 0.417 e. The van der Waals surface area contributed by atoms with Gasteiger partial charge in [0.2, 0.25) is 10.0 Å². The molecule has 0 amide bonds. The monoisotopic (exact) mass is 321 g/mol. The van der Waals surface area contributed by atoms with Crippen LogP contribution in [0.3, 0.4) is 0 Å². The topological polar surface area (TPSA) is 87.2 Å². The maximum atomic E-state index is 12.8. The quantitative estimate of drug-likeness (QED) is 0.911. The molecule has 0 aromatic heterocycles. The molecule has 9 heteroatoms. The van der Waals surface area contributed by atoms with Gasteiger partial charge in [-0.25, -0.2) is 8.42 Å². The second-order valence-corrected chi connectivity index (χ2v) is 6.42. The van der Waals surface area contributed by atoms with Crippen molar-refractivity contribution >= 4 is 10.0 Å². The van der Waals surface area contributed by atoms with E-state index in [4.69, 9.17) is 11.0 Å². The zero-order chi connectivity index (χ0) is 16.4. The zero-order valence-electron chi connectivity index (χ0n) is 11.3. The number of hydrogen-bond donors (Lipinski definition) is 1. The van der Waals surface area contributed by atoms with E-state index in [1.165, 1.54) is 20.0 Å². The van der Waals surface area contributed by atoms with Crippen molar-refractivity contribution in [3.05, 3.63) is 29.3 Å². The molecule has 21 heavy (non-hydrogen) atoms. The molecule has 116 valence electrons. The second-order valence-electron chi connectivity index (χ2n) is 4.42. The number of nitrogens with two attached hydrogens (primary N) is 1. The lowest BCUT2D eigenvalue weighted by atomic mass is 10.1. The predicted octanol–water partition coefficient (Wildman–Crippen LogP) is 1.54. The summed E-state index contributed by atoms with van der Waals surface area (Å²) in [6.45, 7) is 1.56. The Morgan fingerprint density at radius 3 is 2.43 bits per heavy atom. The van der Waals surface area contributed by atoms with Crippen molar-refractivity contribution in [2.45, 2.75) is 24.0 Å². The van der Waals surface area contributed by atoms with Crippen LogP contribution in [0.5, 0.6) is 0 Å². The fourth-order valence-electron chi connectivity index (χ4n) is 1.57. The van der Waals surface area contributed by atoms with Crippen molar-refractivity contribution in [1.82, 2.24) is 4.31 Å². The highest BCUT2D eigenvalue weighted by molar-refractivity contribution is 7.89. The number of rotatable bonds is 4. The summed E-state index contributed by atoms with van der Waals surface area (Å²) in [5.41, 5.74) is 3.46. The van der Waals surface area contributed by atoms with Crippen molar-refractivity contribution in [3.8, 4) is 6.07 Å². The Bertz CT molecular complexity index is 665. The third-order valence-corrected chi connectivity index (χ3v) is 5.02. The van der Waals surface area contributed by atoms with Crippen LogP contribution >= 0.6 is 0 Å². The molecule has 1 atom stereocenters. The van der Waals surface area contributed by atoms with Crippen LogP contribution in [0.15, 0.2) is 23.1 Å². The fraction of sp³-hybridized carbons (Fsp3) is 0.417. The summed E-state index contributed by atoms with van der Waals surface area (Å²) in [5, 5.41) is 8.68. The second kappa shape index (κ2) is 6.01. The highest BCUT2D eigenvalue weighted by Crippen LogP contribution is 2.33. The first kappa shape index (κ1) is 17.4. The van der Waals surface area contributed by atoms with E-state index in [2.05, 4.69) is 0 Å². The molecular formula is C12H14F3N3O2S. The molecule has 2 N–H and O–H groups in total. The van der Waals surface area contributed by atoms with E-state index in [0.29, 0.717) is 6.07 Å². The van der Waals surface area contributed by atoms with Gasteiger partial charge in [-0.1, -0.05) is 0 Å². The summed E-state index contributed by atoms with van der Waals surface area (Å²) in [5.74, 6) is 0. The molecule has 0 saturated heterocycles. The zero-order valence-corrected chi connectivity index (χ0v) is 12.2. The summed E-state index contributed by atoms with van der Waals surface area (Å²) in [4.78, 5) is -0.531. The molecule has 1 rings (SSSR count). The Kier molecular flexibility index (Phi) is 4.99. The smallest absolute Gasteiger partial charge is 0.329 e. The van der Waals surface area contributed by atoms with E-state index in [9.17, 15) is 21.6 Å². The Labute approximate surface area is 120 Å². The van der Waals surface area contributed by atoms with Crippen molar-refractivity contribution in [2.75, 3.05) is 13.6 Å². The van der Waals surface area contributed by atoms with Crippen molar-refractivity contribution in [3.63, 3.8) is 0 Å². The average molecular weight is 321 g/mol. The molecule has 0 aliphatic rings. The van der Waals surface area contributed by atoms with Gasteiger partial charge in [0.25, 0.3) is 0 Å². The summed E-state index contributed by atoms with van der Waals surface area (Å²) in [6, 6.07) is 3.11. The molecule has 0 bridgehead atoms. The fourth-order valence-corrected chi connectivity index (χ4v) is 2.97. The summed E-state index contributed by atoms with van der Waals surface area (Å²) in [6.07, 6.45) is -4.81. The molecule has 0 aliphatic heterocycles. The van der Waals surface area contributed by atoms with Gasteiger partial charge in [0.15, 0.2) is 0 Å². The number of nitriles is 1. The van der Waals surface area contributed by atoms with Crippen LogP contribution in [0.1, 0.15) is 18.1 Å². The normalized spacial score (nSPS) is 14.0. The third kappa shape index (κ3) is 3.53. The molecule has 0 radical (unpaired) electrons. The summed E-state index contributed by atoms with van der Waals surface area (Å²) < 4.78 is 63.9. The number of hydrogen-bond acceptors (Lipinski definition) is 4. The molecule has 0 spiro atoms. The van der Waals surface area contributed by atoms with Crippen molar-refractivity contribution in [1.29, 1.82) is 5.26 Å². The molecule has 0 heterocycles. The van der Waals surface area contributed by atoms with Gasteiger partial charge in [-0.3, -0.25) is 0 Å². The molecule has 1 aromatic rings. The third-order valence-electron chi connectivity index (χ3n) is 3.06. The molecule has 0 aliphatic carbocycles. The molecule has 1 aromatic carbocycles. The van der Waals surface area contributed by atoms with Gasteiger partial charge in [-0.2, -0.15) is 22.7 Å². The molecule has 5 nitrogen and oxygen atoms in total. The Hall–Kier alpha value is -1.63. The minimum absolute atomic E-state index is 0.0259. The van der Waals surface area contributed by atoms with Crippen LogP contribution in [0.2, 0.25) is 0 Å². The number of alkyl halides is 3. The molecular weight excluding hydrogens is 307 g/mol. The van der Waals surface area contributed by atoms with Crippen LogP contribution in [0, 0.1) is 11.3 Å². The average Bonchev–Trinajstić information content (AvgIpc) is 2.43. The van der Waals surface area contributed by atoms with Crippen molar-refractivity contribution < 1.29 is 21.6 Å². The number of nitrogens with zero attached hydrogens (tertiary/aromatic N) is 2. The van der Waals surface area contributed by atoms with E-state index < -0.39 is 38.3 Å². The van der Waals surface area contributed by atoms with E-state index in [0.717, 1.165) is 16.4 Å². The molecule has 1 unspecified atom stereocenters. The van der Waals surface area contributed by atoms with Gasteiger partial charge in [0.05, 0.1) is 22.1 Å². The van der Waals surface area contributed by atoms with E-state index in [1.807, 2.05) is 0 Å². The SMILES string of the molecule is CC(CN)N(C)S(=O)(=O)c1ccc(C#N)c(C(F)(F)F)c1. The van der Waals surface area contributed by atoms with Gasteiger partial charge in [-0.15, -0.1) is 0 Å². The maximum absolute atomic E-state index is 12.8. The molecule has 0 fully saturated rings. The maximum Gasteiger partial charge on any atom is 0.417 e. The Morgan fingerprint density at radius 1 is 1.43 bits per heavy atom. The highest BCUT2D eigenvalue weighted by atomic mass is 32.2. The lowest BCUT2D eigenvalue weighted by molar-refractivity contribution is -0.137. The van der Waals surface area contributed by atoms with E-state index in [-0.39, 0.29) is 6.54 Å². The standard InChI is InChI=1S/C12H14F3N3O2S/c1-8(6-16)18(2)21(19,20)10-4-3-9(7-17)11(5-10)12(13,14)15/h3-5,8H,6,16H2,1-2H3. The van der Waals surface area contributed by atoms with Crippen LogP contribution in [0.25, 0.3) is 0 Å². The number of sulfonamides is 1. The van der Waals surface area contributed by atoms with E-state index in [1.54, 1.807) is 0 Å². The van der Waals surface area contributed by atoms with Crippen LogP contribution in [-0.2, 0) is 16.2 Å². The van der Waals surface area contributed by atoms with Gasteiger partial charge in [-0.05, 0) is 25.1 Å². The van der Waals surface area contributed by atoms with Gasteiger partial charge >= 0.3 is 6.18 Å². The number of halogens is 3. The summed E-state index contributed by atoms with van der Waals surface area (Å²) in [7, 11) is -2.88. The highest BCUT2D eigenvalue weighted by Gasteiger charge is 2.36. The lowest BCUT2D eigenvalue weighted by Gasteiger charge is -2.23. The Balaban J connectivity index is 3.43.